The third-order valence-corrected chi connectivity index (χ3v) is 4.79. The van der Waals surface area contributed by atoms with E-state index in [1.54, 1.807) is 41.3 Å². The quantitative estimate of drug-likeness (QED) is 0.770. The molecule has 1 amide bonds. The summed E-state index contributed by atoms with van der Waals surface area (Å²) in [4.78, 5) is 28.6. The van der Waals surface area contributed by atoms with Crippen molar-refractivity contribution in [2.75, 3.05) is 32.7 Å². The first-order chi connectivity index (χ1) is 12.4. The number of hydrogen-bond donors (Lipinski definition) is 0. The lowest BCUT2D eigenvalue weighted by molar-refractivity contribution is 0.0624. The van der Waals surface area contributed by atoms with Gasteiger partial charge in [0.15, 0.2) is 5.78 Å². The fourth-order valence-electron chi connectivity index (χ4n) is 3.03. The number of aryl methyl sites for hydroxylation is 1. The molecule has 136 valence electrons. The first kappa shape index (κ1) is 18.5. The van der Waals surface area contributed by atoms with Gasteiger partial charge < -0.3 is 4.90 Å². The molecule has 0 aromatic heterocycles. The molecule has 0 unspecified atom stereocenters. The Morgan fingerprint density at radius 3 is 2.35 bits per heavy atom. The van der Waals surface area contributed by atoms with E-state index in [2.05, 4.69) is 0 Å². The van der Waals surface area contributed by atoms with Crippen molar-refractivity contribution >= 4 is 23.3 Å². The number of nitrogens with zero attached hydrogens (tertiary/aromatic N) is 2. The van der Waals surface area contributed by atoms with Gasteiger partial charge >= 0.3 is 0 Å². The van der Waals surface area contributed by atoms with E-state index in [1.165, 1.54) is 6.07 Å². The van der Waals surface area contributed by atoms with E-state index in [0.29, 0.717) is 36.8 Å². The van der Waals surface area contributed by atoms with E-state index in [0.717, 1.165) is 5.56 Å². The van der Waals surface area contributed by atoms with Gasteiger partial charge in [0.1, 0.15) is 5.82 Å². The predicted molar refractivity (Wildman–Crippen MR) is 99.3 cm³/mol. The summed E-state index contributed by atoms with van der Waals surface area (Å²) >= 11 is 5.85. The number of carbonyl (C=O) groups excluding carboxylic acids is 2. The molecule has 1 saturated heterocycles. The molecule has 0 bridgehead atoms. The summed E-state index contributed by atoms with van der Waals surface area (Å²) in [5.74, 6) is -0.766. The van der Waals surface area contributed by atoms with Crippen LogP contribution >= 0.6 is 11.6 Å². The second kappa shape index (κ2) is 7.98. The summed E-state index contributed by atoms with van der Waals surface area (Å²) in [5.41, 5.74) is 1.58. The molecule has 2 aromatic carbocycles. The Kier molecular flexibility index (Phi) is 5.69. The molecule has 0 saturated carbocycles. The van der Waals surface area contributed by atoms with E-state index < -0.39 is 5.82 Å². The van der Waals surface area contributed by atoms with Gasteiger partial charge in [0, 0.05) is 36.8 Å². The number of carbonyl (C=O) groups is 2. The lowest BCUT2D eigenvalue weighted by Gasteiger charge is -2.34. The molecule has 3 rings (SSSR count). The SMILES string of the molecule is Cc1ccc(F)c(C(=O)CN2CCN(C(=O)c3ccc(Cl)cc3)CC2)c1. The first-order valence-electron chi connectivity index (χ1n) is 8.50. The van der Waals surface area contributed by atoms with Crippen LogP contribution in [0, 0.1) is 12.7 Å². The highest BCUT2D eigenvalue weighted by Gasteiger charge is 2.24. The van der Waals surface area contributed by atoms with Crippen LogP contribution < -0.4 is 0 Å². The zero-order valence-corrected chi connectivity index (χ0v) is 15.3. The predicted octanol–water partition coefficient (Wildman–Crippen LogP) is 3.43. The maximum Gasteiger partial charge on any atom is 0.253 e. The second-order valence-electron chi connectivity index (χ2n) is 6.48. The summed E-state index contributed by atoms with van der Waals surface area (Å²) in [6.07, 6.45) is 0. The Morgan fingerprint density at radius 1 is 1.04 bits per heavy atom. The van der Waals surface area contributed by atoms with Gasteiger partial charge in [0.05, 0.1) is 12.1 Å². The average Bonchev–Trinajstić information content (AvgIpc) is 2.64. The summed E-state index contributed by atoms with van der Waals surface area (Å²) < 4.78 is 13.9. The molecule has 0 atom stereocenters. The highest BCUT2D eigenvalue weighted by Crippen LogP contribution is 2.15. The van der Waals surface area contributed by atoms with Crippen LogP contribution in [0.25, 0.3) is 0 Å². The Balaban J connectivity index is 1.56. The van der Waals surface area contributed by atoms with E-state index in [1.807, 2.05) is 11.8 Å². The zero-order chi connectivity index (χ0) is 18.7. The Hall–Kier alpha value is -2.24. The van der Waals surface area contributed by atoms with Crippen LogP contribution in [0.4, 0.5) is 4.39 Å². The van der Waals surface area contributed by atoms with Crippen molar-refractivity contribution in [2.45, 2.75) is 6.92 Å². The van der Waals surface area contributed by atoms with Gasteiger partial charge in [-0.2, -0.15) is 0 Å². The summed E-state index contributed by atoms with van der Waals surface area (Å²) in [6.45, 7) is 4.22. The fraction of sp³-hybridized carbons (Fsp3) is 0.300. The van der Waals surface area contributed by atoms with Crippen LogP contribution in [0.3, 0.4) is 0 Å². The standard InChI is InChI=1S/C20H20ClFN2O2/c1-14-2-7-18(22)17(12-14)19(25)13-23-8-10-24(11-9-23)20(26)15-3-5-16(21)6-4-15/h2-7,12H,8-11,13H2,1H3. The van der Waals surface area contributed by atoms with E-state index in [9.17, 15) is 14.0 Å². The zero-order valence-electron chi connectivity index (χ0n) is 14.5. The summed E-state index contributed by atoms with van der Waals surface area (Å²) in [5, 5.41) is 0.591. The molecule has 1 heterocycles. The van der Waals surface area contributed by atoms with E-state index >= 15 is 0 Å². The van der Waals surface area contributed by atoms with Gasteiger partial charge in [-0.25, -0.2) is 4.39 Å². The molecule has 0 N–H and O–H groups in total. The van der Waals surface area contributed by atoms with Crippen LogP contribution in [-0.4, -0.2) is 54.2 Å². The van der Waals surface area contributed by atoms with Crippen molar-refractivity contribution in [3.05, 3.63) is 70.0 Å². The monoisotopic (exact) mass is 374 g/mol. The molecule has 0 radical (unpaired) electrons. The van der Waals surface area contributed by atoms with Gasteiger partial charge in [-0.15, -0.1) is 0 Å². The molecule has 0 spiro atoms. The average molecular weight is 375 g/mol. The van der Waals surface area contributed by atoms with Crippen molar-refractivity contribution in [3.8, 4) is 0 Å². The minimum atomic E-state index is -0.489. The summed E-state index contributed by atoms with van der Waals surface area (Å²) in [7, 11) is 0. The molecule has 0 aliphatic carbocycles. The highest BCUT2D eigenvalue weighted by atomic mass is 35.5. The number of benzene rings is 2. The van der Waals surface area contributed by atoms with Crippen LogP contribution in [0.2, 0.25) is 5.02 Å². The van der Waals surface area contributed by atoms with Crippen molar-refractivity contribution in [1.29, 1.82) is 0 Å². The maximum absolute atomic E-state index is 13.9. The van der Waals surface area contributed by atoms with E-state index in [4.69, 9.17) is 11.6 Å². The normalized spacial score (nSPS) is 15.1. The molecule has 26 heavy (non-hydrogen) atoms. The second-order valence-corrected chi connectivity index (χ2v) is 6.92. The van der Waals surface area contributed by atoms with E-state index in [-0.39, 0.29) is 23.8 Å². The number of rotatable bonds is 4. The molecule has 2 aromatic rings. The molecule has 1 fully saturated rings. The van der Waals surface area contributed by atoms with Gasteiger partial charge in [-0.3, -0.25) is 14.5 Å². The van der Waals surface area contributed by atoms with Gasteiger partial charge in [-0.05, 0) is 43.3 Å². The topological polar surface area (TPSA) is 40.6 Å². The number of piperazine rings is 1. The van der Waals surface area contributed by atoms with Crippen molar-refractivity contribution in [2.24, 2.45) is 0 Å². The first-order valence-corrected chi connectivity index (χ1v) is 8.88. The third-order valence-electron chi connectivity index (χ3n) is 4.54. The smallest absolute Gasteiger partial charge is 0.253 e. The molecular weight excluding hydrogens is 355 g/mol. The Labute approximate surface area is 157 Å². The van der Waals surface area contributed by atoms with Gasteiger partial charge in [-0.1, -0.05) is 23.2 Å². The number of amides is 1. The number of Topliss-reactive ketones (excluding diaryl/α,β-unsaturated/α-hetero) is 1. The van der Waals surface area contributed by atoms with Crippen molar-refractivity contribution < 1.29 is 14.0 Å². The third kappa shape index (κ3) is 4.29. The number of halogens is 2. The molecule has 4 nitrogen and oxygen atoms in total. The fourth-order valence-corrected chi connectivity index (χ4v) is 3.15. The van der Waals surface area contributed by atoms with Crippen LogP contribution in [0.1, 0.15) is 26.3 Å². The lowest BCUT2D eigenvalue weighted by atomic mass is 10.1. The van der Waals surface area contributed by atoms with Crippen molar-refractivity contribution in [3.63, 3.8) is 0 Å². The number of hydrogen-bond acceptors (Lipinski definition) is 3. The minimum absolute atomic E-state index is 0.0441. The summed E-state index contributed by atoms with van der Waals surface area (Å²) in [6, 6.07) is 11.4. The van der Waals surface area contributed by atoms with Crippen LogP contribution in [0.5, 0.6) is 0 Å². The maximum atomic E-state index is 13.9. The van der Waals surface area contributed by atoms with Crippen LogP contribution in [0.15, 0.2) is 42.5 Å². The highest BCUT2D eigenvalue weighted by molar-refractivity contribution is 6.30. The van der Waals surface area contributed by atoms with Gasteiger partial charge in [0.25, 0.3) is 5.91 Å². The Bertz CT molecular complexity index is 815. The largest absolute Gasteiger partial charge is 0.336 e. The number of ketones is 1. The molecule has 1 aliphatic rings. The molecule has 1 aliphatic heterocycles. The minimum Gasteiger partial charge on any atom is -0.336 e. The van der Waals surface area contributed by atoms with Gasteiger partial charge in [0.2, 0.25) is 0 Å². The lowest BCUT2D eigenvalue weighted by Crippen LogP contribution is -2.50. The Morgan fingerprint density at radius 2 is 1.69 bits per heavy atom. The molecular formula is C20H20ClFN2O2. The molecule has 6 heteroatoms. The van der Waals surface area contributed by atoms with Crippen molar-refractivity contribution in [1.82, 2.24) is 9.80 Å². The van der Waals surface area contributed by atoms with Crippen LogP contribution in [-0.2, 0) is 0 Å².